The third kappa shape index (κ3) is 8.99. The molecule has 0 unspecified atom stereocenters. The maximum Gasteiger partial charge on any atom is 0.307 e. The molecule has 0 bridgehead atoms. The molecule has 0 aromatic carbocycles. The van der Waals surface area contributed by atoms with E-state index in [0.717, 1.165) is 0 Å². The average molecular weight is 203 g/mol. The third-order valence-electron chi connectivity index (χ3n) is 1.46. The maximum atomic E-state index is 10.8. The van der Waals surface area contributed by atoms with Crippen molar-refractivity contribution in [2.75, 3.05) is 19.8 Å². The Morgan fingerprint density at radius 2 is 1.71 bits per heavy atom. The smallest absolute Gasteiger partial charge is 0.307 e. The van der Waals surface area contributed by atoms with E-state index in [1.165, 1.54) is 6.92 Å². The Hall–Kier alpha value is -1.10. The third-order valence-corrected chi connectivity index (χ3v) is 1.46. The van der Waals surface area contributed by atoms with E-state index < -0.39 is 0 Å². The molecule has 0 aliphatic heterocycles. The number of unbranched alkanes of at least 4 members (excludes halogenated alkanes) is 1. The number of carbonyl (C=O) groups is 2. The zero-order valence-electron chi connectivity index (χ0n) is 8.45. The molecule has 0 rings (SSSR count). The van der Waals surface area contributed by atoms with Crippen molar-refractivity contribution in [2.45, 2.75) is 26.2 Å². The minimum atomic E-state index is -0.287. The summed E-state index contributed by atoms with van der Waals surface area (Å²) in [5.74, 6) is -0.565. The highest BCUT2D eigenvalue weighted by atomic mass is 16.5. The van der Waals surface area contributed by atoms with Crippen LogP contribution in [0.3, 0.4) is 0 Å². The highest BCUT2D eigenvalue weighted by molar-refractivity contribution is 5.69. The van der Waals surface area contributed by atoms with Gasteiger partial charge < -0.3 is 15.2 Å². The number of rotatable bonds is 7. The number of nitrogens with two attached hydrogens (primary N) is 1. The van der Waals surface area contributed by atoms with Gasteiger partial charge in [-0.15, -0.1) is 0 Å². The van der Waals surface area contributed by atoms with Crippen molar-refractivity contribution in [1.29, 1.82) is 0 Å². The number of carbonyl (C=O) groups excluding carboxylic acids is 2. The fourth-order valence-corrected chi connectivity index (χ4v) is 0.796. The van der Waals surface area contributed by atoms with Gasteiger partial charge in [0.25, 0.3) is 0 Å². The lowest BCUT2D eigenvalue weighted by molar-refractivity contribution is -0.145. The van der Waals surface area contributed by atoms with E-state index in [1.54, 1.807) is 0 Å². The first-order valence-electron chi connectivity index (χ1n) is 4.66. The lowest BCUT2D eigenvalue weighted by Gasteiger charge is -2.03. The van der Waals surface area contributed by atoms with E-state index in [0.29, 0.717) is 32.6 Å². The molecule has 82 valence electrons. The van der Waals surface area contributed by atoms with Crippen molar-refractivity contribution in [3.63, 3.8) is 0 Å². The monoisotopic (exact) mass is 203 g/mol. The molecule has 2 N–H and O–H groups in total. The standard InChI is InChI=1S/C9H17NO4/c1-8(11)13-6-2-3-7-14-9(12)4-5-10/h2-7,10H2,1H3. The van der Waals surface area contributed by atoms with Gasteiger partial charge in [0, 0.05) is 13.5 Å². The fraction of sp³-hybridized carbons (Fsp3) is 0.778. The van der Waals surface area contributed by atoms with Gasteiger partial charge in [-0.05, 0) is 12.8 Å². The van der Waals surface area contributed by atoms with E-state index in [1.807, 2.05) is 0 Å². The van der Waals surface area contributed by atoms with Crippen molar-refractivity contribution in [3.8, 4) is 0 Å². The summed E-state index contributed by atoms with van der Waals surface area (Å²) in [5, 5.41) is 0. The Morgan fingerprint density at radius 1 is 1.14 bits per heavy atom. The Labute approximate surface area is 83.5 Å². The fourth-order valence-electron chi connectivity index (χ4n) is 0.796. The lowest BCUT2D eigenvalue weighted by atomic mass is 10.3. The number of hydrogen-bond acceptors (Lipinski definition) is 5. The molecule has 0 fully saturated rings. The maximum absolute atomic E-state index is 10.8. The summed E-state index contributed by atoms with van der Waals surface area (Å²) >= 11 is 0. The quantitative estimate of drug-likeness (QED) is 0.473. The summed E-state index contributed by atoms with van der Waals surface area (Å²) in [6.45, 7) is 2.41. The second kappa shape index (κ2) is 8.50. The van der Waals surface area contributed by atoms with E-state index in [9.17, 15) is 9.59 Å². The molecule has 0 aromatic rings. The van der Waals surface area contributed by atoms with Crippen LogP contribution in [0.25, 0.3) is 0 Å². The molecule has 0 radical (unpaired) electrons. The van der Waals surface area contributed by atoms with E-state index >= 15 is 0 Å². The molecule has 0 heterocycles. The molecular formula is C9H17NO4. The molecule has 0 aliphatic carbocycles. The van der Waals surface area contributed by atoms with Gasteiger partial charge >= 0.3 is 11.9 Å². The van der Waals surface area contributed by atoms with Crippen LogP contribution in [0.1, 0.15) is 26.2 Å². The Morgan fingerprint density at radius 3 is 2.21 bits per heavy atom. The summed E-state index contributed by atoms with van der Waals surface area (Å²) in [7, 11) is 0. The van der Waals surface area contributed by atoms with Crippen LogP contribution in [-0.2, 0) is 19.1 Å². The molecule has 0 saturated heterocycles. The zero-order chi connectivity index (χ0) is 10.8. The van der Waals surface area contributed by atoms with E-state index in [4.69, 9.17) is 15.2 Å². The molecule has 0 aromatic heterocycles. The molecule has 0 atom stereocenters. The molecule has 0 saturated carbocycles. The van der Waals surface area contributed by atoms with Crippen LogP contribution < -0.4 is 5.73 Å². The lowest BCUT2D eigenvalue weighted by Crippen LogP contribution is -2.12. The van der Waals surface area contributed by atoms with Crippen LogP contribution in [0.5, 0.6) is 0 Å². The predicted octanol–water partition coefficient (Wildman–Crippen LogP) is 0.222. The van der Waals surface area contributed by atoms with Gasteiger partial charge in [0.2, 0.25) is 0 Å². The summed E-state index contributed by atoms with van der Waals surface area (Å²) in [4.78, 5) is 21.1. The highest BCUT2D eigenvalue weighted by Crippen LogP contribution is 1.93. The van der Waals surface area contributed by atoms with Gasteiger partial charge in [0.15, 0.2) is 0 Å². The summed E-state index contributed by atoms with van der Waals surface area (Å²) < 4.78 is 9.53. The van der Waals surface area contributed by atoms with Crippen LogP contribution in [-0.4, -0.2) is 31.7 Å². The minimum absolute atomic E-state index is 0.254. The Bertz CT molecular complexity index is 182. The molecule has 14 heavy (non-hydrogen) atoms. The minimum Gasteiger partial charge on any atom is -0.466 e. The molecule has 0 amide bonds. The molecular weight excluding hydrogens is 186 g/mol. The SMILES string of the molecule is CC(=O)OCCCCOC(=O)CCN. The van der Waals surface area contributed by atoms with Crippen LogP contribution in [0, 0.1) is 0 Å². The number of hydrogen-bond donors (Lipinski definition) is 1. The Kier molecular flexibility index (Phi) is 7.83. The van der Waals surface area contributed by atoms with Crippen LogP contribution >= 0.6 is 0 Å². The Balaban J connectivity index is 3.13. The second-order valence-corrected chi connectivity index (χ2v) is 2.81. The number of ether oxygens (including phenoxy) is 2. The molecule has 5 nitrogen and oxygen atoms in total. The largest absolute Gasteiger partial charge is 0.466 e. The van der Waals surface area contributed by atoms with E-state index in [-0.39, 0.29) is 18.4 Å². The van der Waals surface area contributed by atoms with Crippen molar-refractivity contribution in [3.05, 3.63) is 0 Å². The van der Waals surface area contributed by atoms with Crippen LogP contribution in [0.2, 0.25) is 0 Å². The second-order valence-electron chi connectivity index (χ2n) is 2.81. The van der Waals surface area contributed by atoms with Crippen molar-refractivity contribution >= 4 is 11.9 Å². The average Bonchev–Trinajstić information content (AvgIpc) is 2.11. The van der Waals surface area contributed by atoms with Gasteiger partial charge in [-0.1, -0.05) is 0 Å². The molecule has 0 spiro atoms. The predicted molar refractivity (Wildman–Crippen MR) is 50.5 cm³/mol. The summed E-state index contributed by atoms with van der Waals surface area (Å²) in [5.41, 5.74) is 5.16. The van der Waals surface area contributed by atoms with Gasteiger partial charge in [-0.2, -0.15) is 0 Å². The van der Waals surface area contributed by atoms with Crippen LogP contribution in [0.15, 0.2) is 0 Å². The van der Waals surface area contributed by atoms with E-state index in [2.05, 4.69) is 0 Å². The molecule has 5 heteroatoms. The van der Waals surface area contributed by atoms with Gasteiger partial charge in [0.1, 0.15) is 0 Å². The first-order chi connectivity index (χ1) is 6.66. The first kappa shape index (κ1) is 12.9. The number of esters is 2. The summed E-state index contributed by atoms with van der Waals surface area (Å²) in [6.07, 6.45) is 1.66. The van der Waals surface area contributed by atoms with Crippen molar-refractivity contribution in [1.82, 2.24) is 0 Å². The normalized spacial score (nSPS) is 9.57. The first-order valence-corrected chi connectivity index (χ1v) is 4.66. The van der Waals surface area contributed by atoms with Gasteiger partial charge in [0.05, 0.1) is 19.6 Å². The van der Waals surface area contributed by atoms with Gasteiger partial charge in [-0.25, -0.2) is 0 Å². The van der Waals surface area contributed by atoms with Gasteiger partial charge in [-0.3, -0.25) is 9.59 Å². The topological polar surface area (TPSA) is 78.6 Å². The zero-order valence-corrected chi connectivity index (χ0v) is 8.45. The van der Waals surface area contributed by atoms with Crippen molar-refractivity contribution in [2.24, 2.45) is 5.73 Å². The van der Waals surface area contributed by atoms with Crippen LogP contribution in [0.4, 0.5) is 0 Å². The van der Waals surface area contributed by atoms with Crippen molar-refractivity contribution < 1.29 is 19.1 Å². The molecule has 0 aliphatic rings. The highest BCUT2D eigenvalue weighted by Gasteiger charge is 2.00. The summed E-state index contributed by atoms with van der Waals surface area (Å²) in [6, 6.07) is 0.